The Morgan fingerprint density at radius 2 is 0.810 bits per heavy atom. The smallest absolute Gasteiger partial charge is 0.128 e. The van der Waals surface area contributed by atoms with Crippen molar-refractivity contribution in [3.05, 3.63) is 168 Å². The molecule has 4 heteroatoms. The van der Waals surface area contributed by atoms with Gasteiger partial charge in [-0.3, -0.25) is 9.98 Å². The molecular weight excluding hydrogens is 516 g/mol. The van der Waals surface area contributed by atoms with Crippen LogP contribution in [0.1, 0.15) is 22.3 Å². The average Bonchev–Trinajstić information content (AvgIpc) is 3.06. The Morgan fingerprint density at radius 3 is 1.26 bits per heavy atom. The predicted octanol–water partition coefficient (Wildman–Crippen LogP) is 9.50. The summed E-state index contributed by atoms with van der Waals surface area (Å²) in [4.78, 5) is 9.74. The molecule has 0 unspecified atom stereocenters. The third-order valence-electron chi connectivity index (χ3n) is 6.87. The molecule has 0 radical (unpaired) electrons. The van der Waals surface area contributed by atoms with Crippen LogP contribution in [0.2, 0.25) is 0 Å². The van der Waals surface area contributed by atoms with E-state index in [9.17, 15) is 0 Å². The molecule has 0 heterocycles. The van der Waals surface area contributed by atoms with E-state index >= 15 is 0 Å². The largest absolute Gasteiger partial charge is 0.488 e. The zero-order valence-electron chi connectivity index (χ0n) is 23.1. The van der Waals surface area contributed by atoms with E-state index in [0.29, 0.717) is 13.2 Å². The molecule has 0 bridgehead atoms. The minimum atomic E-state index is 0.502. The number of aliphatic imine (C=N–C) groups is 2. The fraction of sp³-hybridized carbons (Fsp3) is 0.0526. The van der Waals surface area contributed by atoms with Crippen molar-refractivity contribution < 1.29 is 9.47 Å². The van der Waals surface area contributed by atoms with Crippen LogP contribution in [-0.2, 0) is 13.2 Å². The minimum absolute atomic E-state index is 0.502. The van der Waals surface area contributed by atoms with Gasteiger partial charge in [0, 0.05) is 34.3 Å². The normalized spacial score (nSPS) is 11.3. The third-order valence-corrected chi connectivity index (χ3v) is 6.87. The van der Waals surface area contributed by atoms with Crippen LogP contribution in [-0.4, -0.2) is 12.4 Å². The van der Waals surface area contributed by atoms with Gasteiger partial charge in [0.15, 0.2) is 0 Å². The highest BCUT2D eigenvalue weighted by molar-refractivity contribution is 6.02. The molecule has 6 aromatic carbocycles. The van der Waals surface area contributed by atoms with E-state index < -0.39 is 0 Å². The summed E-state index contributed by atoms with van der Waals surface area (Å²) in [5.41, 5.74) is 5.83. The second kappa shape index (κ2) is 13.2. The summed E-state index contributed by atoms with van der Waals surface area (Å²) >= 11 is 0. The maximum atomic E-state index is 6.12. The van der Waals surface area contributed by atoms with Gasteiger partial charge in [0.25, 0.3) is 0 Å². The molecule has 6 rings (SSSR count). The van der Waals surface area contributed by atoms with Crippen LogP contribution < -0.4 is 9.47 Å². The minimum Gasteiger partial charge on any atom is -0.488 e. The first-order valence-electron chi connectivity index (χ1n) is 13.9. The number of para-hydroxylation sites is 2. The van der Waals surface area contributed by atoms with Gasteiger partial charge >= 0.3 is 0 Å². The summed E-state index contributed by atoms with van der Waals surface area (Å²) in [6.07, 6.45) is 3.73. The molecule has 0 fully saturated rings. The van der Waals surface area contributed by atoms with Crippen LogP contribution >= 0.6 is 0 Å². The van der Waals surface area contributed by atoms with Gasteiger partial charge in [-0.15, -0.1) is 0 Å². The maximum Gasteiger partial charge on any atom is 0.128 e. The Bertz CT molecular complexity index is 1690. The molecule has 0 spiro atoms. The molecular formula is C38H30N2O2. The van der Waals surface area contributed by atoms with Crippen LogP contribution in [0.3, 0.4) is 0 Å². The fourth-order valence-corrected chi connectivity index (χ4v) is 4.69. The molecule has 0 aliphatic carbocycles. The molecule has 0 N–H and O–H groups in total. The Labute approximate surface area is 246 Å². The van der Waals surface area contributed by atoms with E-state index in [-0.39, 0.29) is 0 Å². The van der Waals surface area contributed by atoms with E-state index in [1.807, 2.05) is 122 Å². The third kappa shape index (κ3) is 6.62. The first kappa shape index (κ1) is 26.7. The van der Waals surface area contributed by atoms with Gasteiger partial charge in [0.1, 0.15) is 24.7 Å². The van der Waals surface area contributed by atoms with Crippen LogP contribution in [0.4, 0.5) is 11.4 Å². The van der Waals surface area contributed by atoms with Gasteiger partial charge in [0.2, 0.25) is 0 Å². The van der Waals surface area contributed by atoms with E-state index in [2.05, 4.69) is 36.4 Å². The molecule has 0 amide bonds. The van der Waals surface area contributed by atoms with Gasteiger partial charge in [-0.2, -0.15) is 0 Å². The van der Waals surface area contributed by atoms with Crippen molar-refractivity contribution in [3.8, 4) is 11.5 Å². The molecule has 204 valence electrons. The summed E-state index contributed by atoms with van der Waals surface area (Å²) < 4.78 is 12.2. The van der Waals surface area contributed by atoms with Crippen molar-refractivity contribution in [2.45, 2.75) is 13.2 Å². The first-order valence-corrected chi connectivity index (χ1v) is 13.9. The standard InChI is InChI=1S/C38H30N2O2/c1-3-13-29(14-4-1)27-41-37-23-9-7-17-31(37)25-39-35-21-11-20-34-33(35)19-12-22-36(34)40-26-32-18-8-10-24-38(32)42-28-30-15-5-2-6-16-30/h1-26H,27-28H2. The Hall–Kier alpha value is -5.48. The first-order chi connectivity index (χ1) is 20.8. The highest BCUT2D eigenvalue weighted by Crippen LogP contribution is 2.33. The lowest BCUT2D eigenvalue weighted by Gasteiger charge is -2.10. The lowest BCUT2D eigenvalue weighted by atomic mass is 10.1. The predicted molar refractivity (Wildman–Crippen MR) is 173 cm³/mol. The number of fused-ring (bicyclic) bond motifs is 1. The highest BCUT2D eigenvalue weighted by Gasteiger charge is 2.06. The summed E-state index contributed by atoms with van der Waals surface area (Å²) in [6, 6.07) is 48.5. The number of hydrogen-bond acceptors (Lipinski definition) is 4. The molecule has 0 aromatic heterocycles. The highest BCUT2D eigenvalue weighted by atomic mass is 16.5. The summed E-state index contributed by atoms with van der Waals surface area (Å²) in [5.74, 6) is 1.59. The van der Waals surface area contributed by atoms with Crippen molar-refractivity contribution in [2.24, 2.45) is 9.98 Å². The lowest BCUT2D eigenvalue weighted by molar-refractivity contribution is 0.305. The fourth-order valence-electron chi connectivity index (χ4n) is 4.69. The van der Waals surface area contributed by atoms with Gasteiger partial charge in [-0.1, -0.05) is 109 Å². The summed E-state index contributed by atoms with van der Waals surface area (Å²) in [5, 5.41) is 2.05. The quantitative estimate of drug-likeness (QED) is 0.161. The van der Waals surface area contributed by atoms with E-state index in [0.717, 1.165) is 55.9 Å². The van der Waals surface area contributed by atoms with Gasteiger partial charge in [-0.05, 0) is 47.5 Å². The number of ether oxygens (including phenoxy) is 2. The zero-order chi connectivity index (χ0) is 28.4. The molecule has 0 saturated carbocycles. The van der Waals surface area contributed by atoms with Crippen molar-refractivity contribution in [2.75, 3.05) is 0 Å². The van der Waals surface area contributed by atoms with Gasteiger partial charge < -0.3 is 9.47 Å². The number of nitrogens with zero attached hydrogens (tertiary/aromatic N) is 2. The van der Waals surface area contributed by atoms with Crippen LogP contribution in [0, 0.1) is 0 Å². The second-order valence-electron chi connectivity index (χ2n) is 9.79. The Balaban J connectivity index is 1.23. The van der Waals surface area contributed by atoms with E-state index in [4.69, 9.17) is 19.5 Å². The van der Waals surface area contributed by atoms with Crippen LogP contribution in [0.25, 0.3) is 10.8 Å². The van der Waals surface area contributed by atoms with E-state index in [1.54, 1.807) is 0 Å². The van der Waals surface area contributed by atoms with Gasteiger partial charge in [0.05, 0.1) is 11.4 Å². The van der Waals surface area contributed by atoms with Crippen molar-refractivity contribution in [1.82, 2.24) is 0 Å². The SMILES string of the molecule is C(=Nc1cccc2c(N=Cc3ccccc3OCc3ccccc3)cccc12)c1ccccc1OCc1ccccc1. The molecule has 4 nitrogen and oxygen atoms in total. The second-order valence-corrected chi connectivity index (χ2v) is 9.79. The van der Waals surface area contributed by atoms with Crippen LogP contribution in [0.5, 0.6) is 11.5 Å². The average molecular weight is 547 g/mol. The number of hydrogen-bond donors (Lipinski definition) is 0. The summed E-state index contributed by atoms with van der Waals surface area (Å²) in [6.45, 7) is 1.00. The maximum absolute atomic E-state index is 6.12. The molecule has 42 heavy (non-hydrogen) atoms. The zero-order valence-corrected chi connectivity index (χ0v) is 23.1. The monoisotopic (exact) mass is 546 g/mol. The van der Waals surface area contributed by atoms with Crippen LogP contribution in [0.15, 0.2) is 156 Å². The summed E-state index contributed by atoms with van der Waals surface area (Å²) in [7, 11) is 0. The number of rotatable bonds is 10. The van der Waals surface area contributed by atoms with Crippen molar-refractivity contribution >= 4 is 34.6 Å². The molecule has 0 aliphatic heterocycles. The molecule has 0 saturated heterocycles. The molecule has 0 aliphatic rings. The molecule has 6 aromatic rings. The lowest BCUT2D eigenvalue weighted by Crippen LogP contribution is -1.98. The van der Waals surface area contributed by atoms with Gasteiger partial charge in [-0.25, -0.2) is 0 Å². The topological polar surface area (TPSA) is 43.2 Å². The number of benzene rings is 6. The van der Waals surface area contributed by atoms with Crippen molar-refractivity contribution in [3.63, 3.8) is 0 Å². The molecule has 0 atom stereocenters. The Kier molecular flexibility index (Phi) is 8.43. The van der Waals surface area contributed by atoms with Crippen molar-refractivity contribution in [1.29, 1.82) is 0 Å². The Morgan fingerprint density at radius 1 is 0.405 bits per heavy atom. The van der Waals surface area contributed by atoms with E-state index in [1.165, 1.54) is 0 Å².